The number of hydrogen-bond donors (Lipinski definition) is 1. The van der Waals surface area contributed by atoms with Gasteiger partial charge in [-0.15, -0.1) is 0 Å². The molecule has 1 aromatic heterocycles. The lowest BCUT2D eigenvalue weighted by Crippen LogP contribution is -2.57. The zero-order valence-electron chi connectivity index (χ0n) is 19.0. The maximum atomic E-state index is 13.2. The van der Waals surface area contributed by atoms with Gasteiger partial charge in [0.1, 0.15) is 5.82 Å². The Labute approximate surface area is 193 Å². The van der Waals surface area contributed by atoms with Crippen LogP contribution in [0.15, 0.2) is 60.9 Å². The Balaban J connectivity index is 1.40. The zero-order chi connectivity index (χ0) is 23.4. The van der Waals surface area contributed by atoms with Gasteiger partial charge >= 0.3 is 0 Å². The molecule has 4 rings (SSSR count). The van der Waals surface area contributed by atoms with Crippen LogP contribution in [0.25, 0.3) is 11.4 Å². The Kier molecular flexibility index (Phi) is 6.63. The number of carbonyl (C=O) groups excluding carboxylic acids is 2. The molecule has 3 aromatic rings. The van der Waals surface area contributed by atoms with Gasteiger partial charge in [-0.2, -0.15) is 0 Å². The van der Waals surface area contributed by atoms with Crippen LogP contribution < -0.4 is 9.47 Å². The number of amides is 2. The van der Waals surface area contributed by atoms with Crippen molar-refractivity contribution in [2.75, 3.05) is 26.7 Å². The van der Waals surface area contributed by atoms with Crippen molar-refractivity contribution < 1.29 is 19.1 Å². The van der Waals surface area contributed by atoms with E-state index < -0.39 is 6.10 Å². The topological polar surface area (TPSA) is 87.8 Å². The maximum absolute atomic E-state index is 13.2. The van der Waals surface area contributed by atoms with Crippen LogP contribution >= 0.6 is 0 Å². The number of aromatic nitrogens is 2. The van der Waals surface area contributed by atoms with E-state index in [0.717, 1.165) is 11.4 Å². The minimum Gasteiger partial charge on any atom is -0.493 e. The molecule has 1 fully saturated rings. The summed E-state index contributed by atoms with van der Waals surface area (Å²) >= 11 is 0. The predicted octanol–water partition coefficient (Wildman–Crippen LogP) is 3.23. The van der Waals surface area contributed by atoms with E-state index in [2.05, 4.69) is 9.97 Å². The van der Waals surface area contributed by atoms with E-state index in [4.69, 9.17) is 9.47 Å². The number of hydrogen-bond acceptors (Lipinski definition) is 5. The summed E-state index contributed by atoms with van der Waals surface area (Å²) in [6.07, 6.45) is 2.73. The van der Waals surface area contributed by atoms with E-state index in [1.165, 1.54) is 0 Å². The normalized spacial score (nSPS) is 16.9. The second kappa shape index (κ2) is 9.77. The van der Waals surface area contributed by atoms with Gasteiger partial charge in [0.25, 0.3) is 11.8 Å². The summed E-state index contributed by atoms with van der Waals surface area (Å²) in [6.45, 7) is 5.11. The van der Waals surface area contributed by atoms with Crippen molar-refractivity contribution in [2.45, 2.75) is 26.0 Å². The molecular formula is C25H28N4O4. The van der Waals surface area contributed by atoms with Gasteiger partial charge in [0.2, 0.25) is 0 Å². The molecule has 2 amide bonds. The SMILES string of the molecule is COc1cc(-c2ncc[nH]2)ccc1OC(C)C(=O)N1CCN(C(=O)c2ccccc2)CC1C. The minimum atomic E-state index is -0.702. The number of rotatable bonds is 6. The van der Waals surface area contributed by atoms with Gasteiger partial charge < -0.3 is 24.3 Å². The second-order valence-corrected chi connectivity index (χ2v) is 8.06. The molecular weight excluding hydrogens is 420 g/mol. The van der Waals surface area contributed by atoms with Gasteiger partial charge in [-0.25, -0.2) is 4.98 Å². The molecule has 0 spiro atoms. The smallest absolute Gasteiger partial charge is 0.263 e. The average molecular weight is 449 g/mol. The number of piperazine rings is 1. The summed E-state index contributed by atoms with van der Waals surface area (Å²) in [4.78, 5) is 36.8. The fourth-order valence-electron chi connectivity index (χ4n) is 4.04. The molecule has 0 bridgehead atoms. The van der Waals surface area contributed by atoms with E-state index in [0.29, 0.717) is 36.7 Å². The molecule has 1 N–H and O–H groups in total. The highest BCUT2D eigenvalue weighted by Crippen LogP contribution is 2.32. The third-order valence-electron chi connectivity index (χ3n) is 5.81. The molecule has 2 unspecified atom stereocenters. The average Bonchev–Trinajstić information content (AvgIpc) is 3.39. The van der Waals surface area contributed by atoms with Crippen molar-refractivity contribution in [1.29, 1.82) is 0 Å². The van der Waals surface area contributed by atoms with Crippen molar-refractivity contribution in [3.05, 3.63) is 66.5 Å². The number of aromatic amines is 1. The molecule has 0 saturated carbocycles. The van der Waals surface area contributed by atoms with Gasteiger partial charge in [0.05, 0.1) is 7.11 Å². The van der Waals surface area contributed by atoms with Crippen LogP contribution in [0.4, 0.5) is 0 Å². The molecule has 1 aliphatic heterocycles. The van der Waals surface area contributed by atoms with E-state index in [9.17, 15) is 9.59 Å². The van der Waals surface area contributed by atoms with E-state index in [1.807, 2.05) is 49.4 Å². The fourth-order valence-corrected chi connectivity index (χ4v) is 4.04. The molecule has 0 aliphatic carbocycles. The summed E-state index contributed by atoms with van der Waals surface area (Å²) in [5, 5.41) is 0. The lowest BCUT2D eigenvalue weighted by Gasteiger charge is -2.40. The van der Waals surface area contributed by atoms with Crippen LogP contribution in [0.5, 0.6) is 11.5 Å². The van der Waals surface area contributed by atoms with E-state index in [1.54, 1.807) is 42.3 Å². The predicted molar refractivity (Wildman–Crippen MR) is 124 cm³/mol. The van der Waals surface area contributed by atoms with Crippen molar-refractivity contribution in [3.8, 4) is 22.9 Å². The van der Waals surface area contributed by atoms with Crippen molar-refractivity contribution in [2.24, 2.45) is 0 Å². The van der Waals surface area contributed by atoms with Crippen LogP contribution in [-0.4, -0.2) is 70.5 Å². The number of ether oxygens (including phenoxy) is 2. The monoisotopic (exact) mass is 448 g/mol. The van der Waals surface area contributed by atoms with Gasteiger partial charge in [-0.05, 0) is 44.2 Å². The Bertz CT molecular complexity index is 1100. The Morgan fingerprint density at radius 2 is 1.91 bits per heavy atom. The first-order valence-corrected chi connectivity index (χ1v) is 11.0. The van der Waals surface area contributed by atoms with Gasteiger partial charge in [-0.1, -0.05) is 18.2 Å². The summed E-state index contributed by atoms with van der Waals surface area (Å²) in [5.74, 6) is 1.60. The number of H-pyrrole nitrogens is 1. The molecule has 33 heavy (non-hydrogen) atoms. The summed E-state index contributed by atoms with van der Waals surface area (Å²) in [5.41, 5.74) is 1.52. The maximum Gasteiger partial charge on any atom is 0.263 e. The van der Waals surface area contributed by atoms with Gasteiger partial charge in [-0.3, -0.25) is 9.59 Å². The number of imidazole rings is 1. The third-order valence-corrected chi connectivity index (χ3v) is 5.81. The Morgan fingerprint density at radius 1 is 1.12 bits per heavy atom. The summed E-state index contributed by atoms with van der Waals surface area (Å²) in [6, 6.07) is 14.6. The quantitative estimate of drug-likeness (QED) is 0.626. The number of nitrogens with zero attached hydrogens (tertiary/aromatic N) is 3. The van der Waals surface area contributed by atoms with Gasteiger partial charge in [0.15, 0.2) is 17.6 Å². The van der Waals surface area contributed by atoms with Crippen molar-refractivity contribution in [3.63, 3.8) is 0 Å². The van der Waals surface area contributed by atoms with Crippen LogP contribution in [0.1, 0.15) is 24.2 Å². The lowest BCUT2D eigenvalue weighted by molar-refractivity contribution is -0.142. The summed E-state index contributed by atoms with van der Waals surface area (Å²) < 4.78 is 11.5. The Morgan fingerprint density at radius 3 is 2.58 bits per heavy atom. The van der Waals surface area contributed by atoms with E-state index >= 15 is 0 Å². The molecule has 0 radical (unpaired) electrons. The zero-order valence-corrected chi connectivity index (χ0v) is 19.0. The molecule has 8 heteroatoms. The van der Waals surface area contributed by atoms with Crippen LogP contribution in [0.3, 0.4) is 0 Å². The molecule has 1 aliphatic rings. The Hall–Kier alpha value is -3.81. The van der Waals surface area contributed by atoms with E-state index in [-0.39, 0.29) is 17.9 Å². The third kappa shape index (κ3) is 4.84. The highest BCUT2D eigenvalue weighted by molar-refractivity contribution is 5.94. The molecule has 2 atom stereocenters. The second-order valence-electron chi connectivity index (χ2n) is 8.06. The highest BCUT2D eigenvalue weighted by atomic mass is 16.5. The fraction of sp³-hybridized carbons (Fsp3) is 0.320. The minimum absolute atomic E-state index is 0.0137. The van der Waals surface area contributed by atoms with Crippen molar-refractivity contribution >= 4 is 11.8 Å². The first kappa shape index (κ1) is 22.4. The van der Waals surface area contributed by atoms with Crippen LogP contribution in [0, 0.1) is 0 Å². The first-order chi connectivity index (χ1) is 16.0. The molecule has 2 aromatic carbocycles. The standard InChI is InChI=1S/C25H28N4O4/c1-17-16-28(25(31)19-7-5-4-6-8-19)13-14-29(17)24(30)18(2)33-21-10-9-20(15-22(21)32-3)23-26-11-12-27-23/h4-12,15,17-18H,13-14,16H2,1-3H3,(H,26,27). The number of nitrogens with one attached hydrogen (secondary N) is 1. The summed E-state index contributed by atoms with van der Waals surface area (Å²) in [7, 11) is 1.56. The largest absolute Gasteiger partial charge is 0.493 e. The van der Waals surface area contributed by atoms with Crippen LogP contribution in [0.2, 0.25) is 0 Å². The first-order valence-electron chi connectivity index (χ1n) is 11.0. The van der Waals surface area contributed by atoms with Crippen LogP contribution in [-0.2, 0) is 4.79 Å². The molecule has 2 heterocycles. The molecule has 8 nitrogen and oxygen atoms in total. The number of methoxy groups -OCH3 is 1. The molecule has 172 valence electrons. The number of carbonyl (C=O) groups is 2. The van der Waals surface area contributed by atoms with Gasteiger partial charge in [0, 0.05) is 49.2 Å². The molecule has 1 saturated heterocycles. The number of benzene rings is 2. The van der Waals surface area contributed by atoms with Crippen molar-refractivity contribution in [1.82, 2.24) is 19.8 Å². The highest BCUT2D eigenvalue weighted by Gasteiger charge is 2.33. The lowest BCUT2D eigenvalue weighted by atomic mass is 10.1.